The fraction of sp³-hybridized carbons (Fsp3) is 0.632. The number of carbonyl (C=O) groups excluding carboxylic acids is 1. The first kappa shape index (κ1) is 30.8. The summed E-state index contributed by atoms with van der Waals surface area (Å²) in [6.45, 7) is 3.82. The predicted octanol–water partition coefficient (Wildman–Crippen LogP) is 1.19. The first-order chi connectivity index (χ1) is 16.5. The Kier molecular flexibility index (Phi) is 11.3. The lowest BCUT2D eigenvalue weighted by Crippen LogP contribution is -2.36. The van der Waals surface area contributed by atoms with Gasteiger partial charge in [0.15, 0.2) is 0 Å². The number of hydrogen-bond donors (Lipinski definition) is 3. The van der Waals surface area contributed by atoms with Crippen LogP contribution in [0.3, 0.4) is 0 Å². The number of rotatable bonds is 5. The highest BCUT2D eigenvalue weighted by atomic mass is 19.4. The summed E-state index contributed by atoms with van der Waals surface area (Å²) >= 11 is 0. The van der Waals surface area contributed by atoms with Crippen molar-refractivity contribution in [2.75, 3.05) is 52.2 Å². The summed E-state index contributed by atoms with van der Waals surface area (Å²) < 4.78 is 69.4. The molecule has 1 aromatic rings. The summed E-state index contributed by atoms with van der Waals surface area (Å²) in [5.74, 6) is -3.80. The summed E-state index contributed by atoms with van der Waals surface area (Å²) in [4.78, 5) is 41.8. The van der Waals surface area contributed by atoms with Crippen LogP contribution in [-0.2, 0) is 19.1 Å². The molecule has 0 radical (unpaired) electrons. The van der Waals surface area contributed by atoms with Crippen LogP contribution in [0.15, 0.2) is 18.5 Å². The standard InChI is InChI=1S/C15H23N5O2.2C2HF3O2/c1-19(2)14(21)9-20-7-12-11(10-22-13(12)8-20)6-18-15-16-4-3-5-17-15;2*3-2(4,5)1(6)7/h3-5,11-13H,6-10H2,1-2H3,(H,16,17,18);2*(H,6,7)/t11-,12+,13+;;/m0../s1. The van der Waals surface area contributed by atoms with Gasteiger partial charge in [-0.2, -0.15) is 26.3 Å². The predicted molar refractivity (Wildman–Crippen MR) is 110 cm³/mol. The van der Waals surface area contributed by atoms with Gasteiger partial charge in [0.25, 0.3) is 0 Å². The monoisotopic (exact) mass is 533 g/mol. The van der Waals surface area contributed by atoms with Gasteiger partial charge in [0.05, 0.1) is 19.3 Å². The first-order valence-corrected chi connectivity index (χ1v) is 10.2. The van der Waals surface area contributed by atoms with Gasteiger partial charge >= 0.3 is 24.3 Å². The molecule has 2 aliphatic rings. The molecule has 2 fully saturated rings. The molecular formula is C19H25F6N5O6. The Balaban J connectivity index is 0.000000383. The Morgan fingerprint density at radius 1 is 1.06 bits per heavy atom. The average molecular weight is 533 g/mol. The van der Waals surface area contributed by atoms with Crippen molar-refractivity contribution in [2.24, 2.45) is 11.8 Å². The number of carboxylic acids is 2. The Morgan fingerprint density at radius 3 is 2.00 bits per heavy atom. The van der Waals surface area contributed by atoms with E-state index in [0.29, 0.717) is 24.3 Å². The van der Waals surface area contributed by atoms with Crippen LogP contribution in [-0.4, -0.2) is 113 Å². The fourth-order valence-electron chi connectivity index (χ4n) is 3.16. The van der Waals surface area contributed by atoms with Crippen molar-refractivity contribution < 1.29 is 55.7 Å². The number of halogens is 6. The molecule has 1 amide bonds. The van der Waals surface area contributed by atoms with Crippen LogP contribution in [0.25, 0.3) is 0 Å². The van der Waals surface area contributed by atoms with Crippen molar-refractivity contribution in [3.8, 4) is 0 Å². The van der Waals surface area contributed by atoms with Gasteiger partial charge in [-0.3, -0.25) is 9.69 Å². The molecule has 1 aromatic heterocycles. The molecule has 3 N–H and O–H groups in total. The second kappa shape index (κ2) is 13.2. The molecule has 3 atom stereocenters. The van der Waals surface area contributed by atoms with Gasteiger partial charge in [-0.25, -0.2) is 19.6 Å². The Hall–Kier alpha value is -3.21. The molecule has 2 saturated heterocycles. The number of carboxylic acid groups (broad SMARTS) is 2. The van der Waals surface area contributed by atoms with Gasteiger partial charge in [-0.15, -0.1) is 0 Å². The summed E-state index contributed by atoms with van der Waals surface area (Å²) in [5, 5.41) is 17.5. The van der Waals surface area contributed by atoms with E-state index in [1.165, 1.54) is 0 Å². The fourth-order valence-corrected chi connectivity index (χ4v) is 3.16. The molecule has 11 nitrogen and oxygen atoms in total. The number of carbonyl (C=O) groups is 3. The maximum absolute atomic E-state index is 11.8. The number of likely N-dealkylation sites (N-methyl/N-ethyl adjacent to an activating group) is 1. The van der Waals surface area contributed by atoms with E-state index in [-0.39, 0.29) is 12.0 Å². The SMILES string of the molecule is CN(C)C(=O)CN1C[C@@H]2[C@@H](CNc3ncccn3)CO[C@@H]2C1.O=C(O)C(F)(F)F.O=C(O)C(F)(F)F. The minimum Gasteiger partial charge on any atom is -0.475 e. The number of alkyl halides is 6. The highest BCUT2D eigenvalue weighted by Gasteiger charge is 2.44. The van der Waals surface area contributed by atoms with Crippen molar-refractivity contribution in [2.45, 2.75) is 18.5 Å². The van der Waals surface area contributed by atoms with Crippen LogP contribution >= 0.6 is 0 Å². The minimum atomic E-state index is -5.08. The summed E-state index contributed by atoms with van der Waals surface area (Å²) in [5.41, 5.74) is 0. The number of fused-ring (bicyclic) bond motifs is 1. The Bertz CT molecular complexity index is 847. The maximum Gasteiger partial charge on any atom is 0.490 e. The molecule has 17 heteroatoms. The van der Waals surface area contributed by atoms with Crippen LogP contribution in [0.4, 0.5) is 32.3 Å². The average Bonchev–Trinajstić information content (AvgIpc) is 3.32. The van der Waals surface area contributed by atoms with Crippen LogP contribution in [0.2, 0.25) is 0 Å². The number of aromatic nitrogens is 2. The third-order valence-corrected chi connectivity index (χ3v) is 4.95. The van der Waals surface area contributed by atoms with E-state index in [0.717, 1.165) is 26.2 Å². The van der Waals surface area contributed by atoms with E-state index in [9.17, 15) is 31.1 Å². The number of amides is 1. The van der Waals surface area contributed by atoms with E-state index in [1.54, 1.807) is 37.5 Å². The highest BCUT2D eigenvalue weighted by molar-refractivity contribution is 5.77. The van der Waals surface area contributed by atoms with E-state index in [1.807, 2.05) is 0 Å². The number of likely N-dealkylation sites (tertiary alicyclic amines) is 1. The quantitative estimate of drug-likeness (QED) is 0.472. The molecule has 3 rings (SSSR count). The molecule has 2 aliphatic heterocycles. The van der Waals surface area contributed by atoms with Crippen molar-refractivity contribution in [1.82, 2.24) is 19.8 Å². The lowest BCUT2D eigenvalue weighted by molar-refractivity contribution is -0.193. The maximum atomic E-state index is 11.8. The number of nitrogens with zero attached hydrogens (tertiary/aromatic N) is 4. The number of hydrogen-bond acceptors (Lipinski definition) is 8. The Labute approximate surface area is 201 Å². The van der Waals surface area contributed by atoms with Crippen LogP contribution in [0.1, 0.15) is 0 Å². The molecule has 0 saturated carbocycles. The zero-order chi connectivity index (χ0) is 27.7. The zero-order valence-corrected chi connectivity index (χ0v) is 19.1. The van der Waals surface area contributed by atoms with Gasteiger partial charge in [-0.05, 0) is 6.07 Å². The molecule has 204 valence electrons. The van der Waals surface area contributed by atoms with Gasteiger partial charge in [0.1, 0.15) is 0 Å². The topological polar surface area (TPSA) is 145 Å². The third kappa shape index (κ3) is 10.6. The lowest BCUT2D eigenvalue weighted by atomic mass is 9.93. The number of nitrogens with one attached hydrogen (secondary N) is 1. The molecule has 0 unspecified atom stereocenters. The molecule has 0 aliphatic carbocycles. The first-order valence-electron chi connectivity index (χ1n) is 10.2. The molecule has 0 bridgehead atoms. The molecule has 3 heterocycles. The minimum absolute atomic E-state index is 0.146. The molecule has 0 spiro atoms. The second-order valence-corrected chi connectivity index (χ2v) is 7.84. The van der Waals surface area contributed by atoms with Crippen molar-refractivity contribution in [3.05, 3.63) is 18.5 Å². The second-order valence-electron chi connectivity index (χ2n) is 7.84. The summed E-state index contributed by atoms with van der Waals surface area (Å²) in [7, 11) is 3.59. The summed E-state index contributed by atoms with van der Waals surface area (Å²) in [6.07, 6.45) is -6.46. The van der Waals surface area contributed by atoms with Gasteiger partial charge < -0.3 is 25.2 Å². The smallest absolute Gasteiger partial charge is 0.475 e. The third-order valence-electron chi connectivity index (χ3n) is 4.95. The van der Waals surface area contributed by atoms with Crippen LogP contribution in [0.5, 0.6) is 0 Å². The van der Waals surface area contributed by atoms with E-state index in [4.69, 9.17) is 24.5 Å². The van der Waals surface area contributed by atoms with E-state index in [2.05, 4.69) is 20.2 Å². The largest absolute Gasteiger partial charge is 0.490 e. The highest BCUT2D eigenvalue weighted by Crippen LogP contribution is 2.33. The van der Waals surface area contributed by atoms with Gasteiger partial charge in [0, 0.05) is 58.0 Å². The van der Waals surface area contributed by atoms with E-state index < -0.39 is 24.3 Å². The number of anilines is 1. The van der Waals surface area contributed by atoms with E-state index >= 15 is 0 Å². The Morgan fingerprint density at radius 2 is 1.56 bits per heavy atom. The van der Waals surface area contributed by atoms with Crippen molar-refractivity contribution in [1.29, 1.82) is 0 Å². The molecule has 0 aromatic carbocycles. The molecular weight excluding hydrogens is 508 g/mol. The van der Waals surface area contributed by atoms with Crippen molar-refractivity contribution >= 4 is 23.8 Å². The van der Waals surface area contributed by atoms with Crippen LogP contribution < -0.4 is 5.32 Å². The van der Waals surface area contributed by atoms with Gasteiger partial charge in [0.2, 0.25) is 11.9 Å². The van der Waals surface area contributed by atoms with Gasteiger partial charge in [-0.1, -0.05) is 0 Å². The summed E-state index contributed by atoms with van der Waals surface area (Å²) in [6, 6.07) is 1.80. The van der Waals surface area contributed by atoms with Crippen LogP contribution in [0, 0.1) is 11.8 Å². The lowest BCUT2D eigenvalue weighted by Gasteiger charge is -2.21. The number of aliphatic carboxylic acids is 2. The normalized spacial score (nSPS) is 21.3. The van der Waals surface area contributed by atoms with Crippen molar-refractivity contribution in [3.63, 3.8) is 0 Å². The molecule has 36 heavy (non-hydrogen) atoms. The zero-order valence-electron chi connectivity index (χ0n) is 19.1. The number of ether oxygens (including phenoxy) is 1.